The molecule has 23 heavy (non-hydrogen) atoms. The zero-order valence-corrected chi connectivity index (χ0v) is 14.5. The van der Waals surface area contributed by atoms with Crippen molar-refractivity contribution in [3.8, 4) is 0 Å². The molecule has 0 amide bonds. The van der Waals surface area contributed by atoms with Gasteiger partial charge in [0.2, 0.25) is 0 Å². The molecule has 0 fully saturated rings. The number of rotatable bonds is 4. The second kappa shape index (κ2) is 6.60. The van der Waals surface area contributed by atoms with Gasteiger partial charge in [0.25, 0.3) is 10.0 Å². The predicted octanol–water partition coefficient (Wildman–Crippen LogP) is 3.54. The van der Waals surface area contributed by atoms with E-state index in [0.29, 0.717) is 5.69 Å². The fraction of sp³-hybridized carbons (Fsp3) is 0.188. The van der Waals surface area contributed by atoms with Crippen LogP contribution in [0.4, 0.5) is 5.69 Å². The minimum Gasteiger partial charge on any atom is -0.465 e. The highest BCUT2D eigenvalue weighted by Crippen LogP contribution is 2.24. The Labute approximate surface area is 140 Å². The van der Waals surface area contributed by atoms with E-state index in [1.54, 1.807) is 6.07 Å². The lowest BCUT2D eigenvalue weighted by Gasteiger charge is -2.12. The van der Waals surface area contributed by atoms with Crippen molar-refractivity contribution < 1.29 is 17.9 Å². The Morgan fingerprint density at radius 2 is 1.83 bits per heavy atom. The molecule has 2 rings (SSSR count). The van der Waals surface area contributed by atoms with E-state index in [1.165, 1.54) is 25.3 Å². The van der Waals surface area contributed by atoms with Crippen molar-refractivity contribution in [1.82, 2.24) is 0 Å². The SMILES string of the molecule is COC(=O)c1cc(S(=O)(=O)Nc2ccc(C)cc2C)ccc1Cl. The first-order valence-electron chi connectivity index (χ1n) is 6.72. The smallest absolute Gasteiger partial charge is 0.339 e. The monoisotopic (exact) mass is 353 g/mol. The summed E-state index contributed by atoms with van der Waals surface area (Å²) in [7, 11) is -2.64. The fourth-order valence-corrected chi connectivity index (χ4v) is 3.42. The van der Waals surface area contributed by atoms with Crippen LogP contribution in [0.15, 0.2) is 41.3 Å². The first kappa shape index (κ1) is 17.3. The Balaban J connectivity index is 2.42. The van der Waals surface area contributed by atoms with Gasteiger partial charge in [-0.1, -0.05) is 29.3 Å². The molecule has 0 saturated heterocycles. The number of halogens is 1. The molecule has 0 bridgehead atoms. The third-order valence-electron chi connectivity index (χ3n) is 3.28. The van der Waals surface area contributed by atoms with Crippen molar-refractivity contribution in [2.24, 2.45) is 0 Å². The number of carbonyl (C=O) groups is 1. The van der Waals surface area contributed by atoms with Crippen LogP contribution in [0.25, 0.3) is 0 Å². The summed E-state index contributed by atoms with van der Waals surface area (Å²) >= 11 is 5.91. The van der Waals surface area contributed by atoms with Crippen molar-refractivity contribution in [1.29, 1.82) is 0 Å². The number of carbonyl (C=O) groups excluding carboxylic acids is 1. The molecule has 0 atom stereocenters. The van der Waals surface area contributed by atoms with Crippen LogP contribution < -0.4 is 4.72 Å². The van der Waals surface area contributed by atoms with E-state index in [9.17, 15) is 13.2 Å². The third kappa shape index (κ3) is 3.83. The molecule has 7 heteroatoms. The van der Waals surface area contributed by atoms with Gasteiger partial charge >= 0.3 is 5.97 Å². The molecule has 0 unspecified atom stereocenters. The molecular weight excluding hydrogens is 338 g/mol. The van der Waals surface area contributed by atoms with Crippen molar-refractivity contribution >= 4 is 33.3 Å². The van der Waals surface area contributed by atoms with Gasteiger partial charge < -0.3 is 4.74 Å². The van der Waals surface area contributed by atoms with Crippen molar-refractivity contribution in [2.75, 3.05) is 11.8 Å². The molecule has 0 aliphatic heterocycles. The van der Waals surface area contributed by atoms with Crippen LogP contribution >= 0.6 is 11.6 Å². The lowest BCUT2D eigenvalue weighted by atomic mass is 10.1. The number of anilines is 1. The van der Waals surface area contributed by atoms with E-state index in [1.807, 2.05) is 26.0 Å². The van der Waals surface area contributed by atoms with E-state index in [-0.39, 0.29) is 15.5 Å². The number of esters is 1. The molecule has 122 valence electrons. The molecule has 0 aromatic heterocycles. The van der Waals surface area contributed by atoms with Gasteiger partial charge in [-0.05, 0) is 43.7 Å². The topological polar surface area (TPSA) is 72.5 Å². The molecule has 0 saturated carbocycles. The maximum Gasteiger partial charge on any atom is 0.339 e. The Kier molecular flexibility index (Phi) is 4.97. The van der Waals surface area contributed by atoms with E-state index in [2.05, 4.69) is 9.46 Å². The molecule has 0 aliphatic carbocycles. The van der Waals surface area contributed by atoms with Crippen molar-refractivity contribution in [3.63, 3.8) is 0 Å². The number of aryl methyl sites for hydroxylation is 2. The number of nitrogens with one attached hydrogen (secondary N) is 1. The van der Waals surface area contributed by atoms with Gasteiger partial charge in [-0.25, -0.2) is 13.2 Å². The summed E-state index contributed by atoms with van der Waals surface area (Å²) in [6, 6.07) is 9.26. The Hall–Kier alpha value is -2.05. The zero-order chi connectivity index (χ0) is 17.2. The molecule has 2 aromatic rings. The van der Waals surface area contributed by atoms with Crippen LogP contribution in [0, 0.1) is 13.8 Å². The van der Waals surface area contributed by atoms with Crippen LogP contribution in [0.3, 0.4) is 0 Å². The number of sulfonamides is 1. The fourth-order valence-electron chi connectivity index (χ4n) is 2.07. The molecular formula is C16H16ClNO4S. The third-order valence-corrected chi connectivity index (χ3v) is 4.97. The van der Waals surface area contributed by atoms with Crippen molar-refractivity contribution in [3.05, 3.63) is 58.1 Å². The summed E-state index contributed by atoms with van der Waals surface area (Å²) in [6.07, 6.45) is 0. The van der Waals surface area contributed by atoms with Crippen LogP contribution in [0.5, 0.6) is 0 Å². The van der Waals surface area contributed by atoms with E-state index < -0.39 is 16.0 Å². The minimum absolute atomic E-state index is 0.00216. The molecule has 0 spiro atoms. The quantitative estimate of drug-likeness (QED) is 0.853. The minimum atomic E-state index is -3.85. The van der Waals surface area contributed by atoms with Crippen LogP contribution in [-0.4, -0.2) is 21.5 Å². The first-order chi connectivity index (χ1) is 10.7. The molecule has 2 aromatic carbocycles. The normalized spacial score (nSPS) is 11.1. The predicted molar refractivity (Wildman–Crippen MR) is 89.5 cm³/mol. The summed E-state index contributed by atoms with van der Waals surface area (Å²) < 4.78 is 32.1. The van der Waals surface area contributed by atoms with Gasteiger partial charge in [-0.2, -0.15) is 0 Å². The Bertz CT molecular complexity index is 862. The highest BCUT2D eigenvalue weighted by molar-refractivity contribution is 7.92. The van der Waals surface area contributed by atoms with Crippen LogP contribution in [0.1, 0.15) is 21.5 Å². The lowest BCUT2D eigenvalue weighted by molar-refractivity contribution is 0.0600. The van der Waals surface area contributed by atoms with E-state index >= 15 is 0 Å². The molecule has 5 nitrogen and oxygen atoms in total. The maximum absolute atomic E-state index is 12.5. The highest BCUT2D eigenvalue weighted by Gasteiger charge is 2.19. The lowest BCUT2D eigenvalue weighted by Crippen LogP contribution is -2.15. The largest absolute Gasteiger partial charge is 0.465 e. The number of hydrogen-bond donors (Lipinski definition) is 1. The summed E-state index contributed by atoms with van der Waals surface area (Å²) in [5, 5.41) is 0.127. The number of ether oxygens (including phenoxy) is 1. The van der Waals surface area contributed by atoms with Gasteiger partial charge in [0.05, 0.1) is 28.3 Å². The molecule has 1 N–H and O–H groups in total. The highest BCUT2D eigenvalue weighted by atomic mass is 35.5. The van der Waals surface area contributed by atoms with Crippen molar-refractivity contribution in [2.45, 2.75) is 18.7 Å². The Morgan fingerprint density at radius 3 is 2.43 bits per heavy atom. The summed E-state index contributed by atoms with van der Waals surface area (Å²) in [5.74, 6) is -0.696. The number of benzene rings is 2. The average molecular weight is 354 g/mol. The second-order valence-corrected chi connectivity index (χ2v) is 7.15. The average Bonchev–Trinajstić information content (AvgIpc) is 2.49. The van der Waals surface area contributed by atoms with Gasteiger partial charge in [0.15, 0.2) is 0 Å². The second-order valence-electron chi connectivity index (χ2n) is 5.06. The zero-order valence-electron chi connectivity index (χ0n) is 12.9. The Morgan fingerprint density at radius 1 is 1.13 bits per heavy atom. The molecule has 0 radical (unpaired) electrons. The van der Waals surface area contributed by atoms with Gasteiger partial charge in [0, 0.05) is 0 Å². The van der Waals surface area contributed by atoms with Gasteiger partial charge in [-0.3, -0.25) is 4.72 Å². The van der Waals surface area contributed by atoms with Gasteiger partial charge in [0.1, 0.15) is 0 Å². The first-order valence-corrected chi connectivity index (χ1v) is 8.58. The van der Waals surface area contributed by atoms with E-state index in [0.717, 1.165) is 11.1 Å². The summed E-state index contributed by atoms with van der Waals surface area (Å²) in [4.78, 5) is 11.6. The number of hydrogen-bond acceptors (Lipinski definition) is 4. The van der Waals surface area contributed by atoms with E-state index in [4.69, 9.17) is 11.6 Å². The van der Waals surface area contributed by atoms with Crippen LogP contribution in [0.2, 0.25) is 5.02 Å². The summed E-state index contributed by atoms with van der Waals surface area (Å²) in [6.45, 7) is 3.74. The molecule has 0 heterocycles. The summed E-state index contributed by atoms with van der Waals surface area (Å²) in [5.41, 5.74) is 2.31. The maximum atomic E-state index is 12.5. The van der Waals surface area contributed by atoms with Crippen LogP contribution in [-0.2, 0) is 14.8 Å². The number of methoxy groups -OCH3 is 1. The standard InChI is InChI=1S/C16H16ClNO4S/c1-10-4-7-15(11(2)8-10)18-23(20,21)12-5-6-14(17)13(9-12)16(19)22-3/h4-9,18H,1-3H3. The molecule has 0 aliphatic rings. The van der Waals surface area contributed by atoms with Gasteiger partial charge in [-0.15, -0.1) is 0 Å².